The van der Waals surface area contributed by atoms with E-state index in [1.54, 1.807) is 7.11 Å². The van der Waals surface area contributed by atoms with Crippen molar-refractivity contribution in [3.05, 3.63) is 82.2 Å². The van der Waals surface area contributed by atoms with Gasteiger partial charge in [-0.15, -0.1) is 0 Å². The van der Waals surface area contributed by atoms with Crippen LogP contribution in [0.1, 0.15) is 90.9 Å². The van der Waals surface area contributed by atoms with Gasteiger partial charge < -0.3 is 9.64 Å². The van der Waals surface area contributed by atoms with E-state index in [4.69, 9.17) is 9.84 Å². The van der Waals surface area contributed by atoms with Crippen molar-refractivity contribution in [3.8, 4) is 5.75 Å². The number of hydrogen-bond donors (Lipinski definition) is 1. The minimum atomic E-state index is -0.0701. The number of carbonyl (C=O) groups excluding carboxylic acids is 1. The average Bonchev–Trinajstić information content (AvgIpc) is 3.47. The molecular weight excluding hydrogens is 460 g/mol. The van der Waals surface area contributed by atoms with E-state index in [0.717, 1.165) is 66.9 Å². The number of likely N-dealkylation sites (tertiary alicyclic amines) is 1. The number of ether oxygens (including phenoxy) is 1. The molecule has 5 rings (SSSR count). The van der Waals surface area contributed by atoms with Crippen LogP contribution < -0.4 is 10.1 Å². The zero-order valence-corrected chi connectivity index (χ0v) is 22.9. The molecule has 0 saturated carbocycles. The molecule has 0 radical (unpaired) electrons. The van der Waals surface area contributed by atoms with E-state index < -0.39 is 0 Å². The number of benzene rings is 2. The quantitative estimate of drug-likeness (QED) is 0.456. The van der Waals surface area contributed by atoms with Gasteiger partial charge in [-0.3, -0.25) is 14.8 Å². The van der Waals surface area contributed by atoms with Crippen LogP contribution in [-0.2, 0) is 24.9 Å². The molecule has 1 N–H and O–H groups in total. The summed E-state index contributed by atoms with van der Waals surface area (Å²) in [6.45, 7) is 10.2. The van der Waals surface area contributed by atoms with E-state index in [2.05, 4.69) is 78.1 Å². The van der Waals surface area contributed by atoms with Gasteiger partial charge in [-0.1, -0.05) is 63.2 Å². The molecule has 37 heavy (non-hydrogen) atoms. The monoisotopic (exact) mass is 500 g/mol. The Hall–Kier alpha value is -3.12. The van der Waals surface area contributed by atoms with Gasteiger partial charge in [0.15, 0.2) is 0 Å². The minimum Gasteiger partial charge on any atom is -0.496 e. The van der Waals surface area contributed by atoms with Crippen molar-refractivity contribution >= 4 is 5.91 Å². The standard InChI is InChI=1S/C31H40N4O2/c1-21-29(26-13-9-10-18-34(26)33-21)30(36)35-25(22-11-7-6-8-12-22)15-17-28(35)32-20-23-19-24(31(2,3)4)14-16-27(23)37-5/h6-8,11-12,14,16,19,25,28,32H,9-10,13,15,17-18,20H2,1-5H3. The number of aryl methyl sites for hydroxylation is 2. The number of aromatic nitrogens is 2. The maximum Gasteiger partial charge on any atom is 0.259 e. The summed E-state index contributed by atoms with van der Waals surface area (Å²) in [4.78, 5) is 16.4. The summed E-state index contributed by atoms with van der Waals surface area (Å²) in [5.74, 6) is 0.970. The highest BCUT2D eigenvalue weighted by atomic mass is 16.5. The Labute approximate surface area is 221 Å². The van der Waals surface area contributed by atoms with E-state index in [1.807, 2.05) is 13.0 Å². The lowest BCUT2D eigenvalue weighted by Gasteiger charge is -2.32. The number of amides is 1. The summed E-state index contributed by atoms with van der Waals surface area (Å²) < 4.78 is 7.76. The van der Waals surface area contributed by atoms with Crippen molar-refractivity contribution < 1.29 is 9.53 Å². The van der Waals surface area contributed by atoms with E-state index in [9.17, 15) is 4.79 Å². The summed E-state index contributed by atoms with van der Waals surface area (Å²) in [6, 6.07) is 16.9. The Morgan fingerprint density at radius 3 is 2.62 bits per heavy atom. The normalized spacial score (nSPS) is 19.6. The number of carbonyl (C=O) groups is 1. The lowest BCUT2D eigenvalue weighted by molar-refractivity contribution is 0.0629. The fourth-order valence-corrected chi connectivity index (χ4v) is 5.94. The van der Waals surface area contributed by atoms with Gasteiger partial charge in [0.25, 0.3) is 5.91 Å². The summed E-state index contributed by atoms with van der Waals surface area (Å²) in [5.41, 5.74) is 6.38. The highest BCUT2D eigenvalue weighted by Gasteiger charge is 2.40. The number of nitrogens with one attached hydrogen (secondary N) is 1. The number of rotatable bonds is 6. The van der Waals surface area contributed by atoms with Gasteiger partial charge in [0.05, 0.1) is 36.3 Å². The van der Waals surface area contributed by atoms with Crippen LogP contribution in [0.15, 0.2) is 48.5 Å². The fourth-order valence-electron chi connectivity index (χ4n) is 5.94. The lowest BCUT2D eigenvalue weighted by Crippen LogP contribution is -2.45. The highest BCUT2D eigenvalue weighted by Crippen LogP contribution is 2.38. The molecule has 6 nitrogen and oxygen atoms in total. The van der Waals surface area contributed by atoms with E-state index >= 15 is 0 Å². The van der Waals surface area contributed by atoms with Gasteiger partial charge in [0, 0.05) is 18.7 Å². The molecule has 2 aliphatic rings. The molecule has 1 amide bonds. The molecule has 1 aromatic heterocycles. The number of methoxy groups -OCH3 is 1. The molecule has 3 heterocycles. The van der Waals surface area contributed by atoms with Gasteiger partial charge in [0.1, 0.15) is 5.75 Å². The Morgan fingerprint density at radius 1 is 1.11 bits per heavy atom. The SMILES string of the molecule is COc1ccc(C(C)(C)C)cc1CNC1CCC(c2ccccc2)N1C(=O)c1c(C)nn2c1CCCC2. The van der Waals surface area contributed by atoms with Crippen molar-refractivity contribution in [1.29, 1.82) is 0 Å². The molecule has 0 bridgehead atoms. The first-order chi connectivity index (χ1) is 17.8. The number of hydrogen-bond acceptors (Lipinski definition) is 4. The minimum absolute atomic E-state index is 0.0348. The first kappa shape index (κ1) is 25.5. The molecule has 2 atom stereocenters. The molecule has 1 saturated heterocycles. The molecule has 1 fully saturated rings. The van der Waals surface area contributed by atoms with Crippen LogP contribution in [0, 0.1) is 6.92 Å². The molecule has 6 heteroatoms. The van der Waals surface area contributed by atoms with E-state index in [0.29, 0.717) is 6.54 Å². The third-order valence-corrected chi connectivity index (χ3v) is 7.96. The Morgan fingerprint density at radius 2 is 1.89 bits per heavy atom. The molecule has 0 aliphatic carbocycles. The number of nitrogens with zero attached hydrogens (tertiary/aromatic N) is 3. The largest absolute Gasteiger partial charge is 0.496 e. The predicted octanol–water partition coefficient (Wildman–Crippen LogP) is 5.93. The van der Waals surface area contributed by atoms with Crippen molar-refractivity contribution in [2.24, 2.45) is 0 Å². The highest BCUT2D eigenvalue weighted by molar-refractivity contribution is 5.97. The van der Waals surface area contributed by atoms with Crippen molar-refractivity contribution in [2.75, 3.05) is 7.11 Å². The Balaban J connectivity index is 1.46. The number of fused-ring (bicyclic) bond motifs is 1. The van der Waals surface area contributed by atoms with Crippen LogP contribution in [0.5, 0.6) is 5.75 Å². The summed E-state index contributed by atoms with van der Waals surface area (Å²) in [5, 5.41) is 8.49. The van der Waals surface area contributed by atoms with Crippen molar-refractivity contribution in [2.45, 2.75) is 90.5 Å². The maximum absolute atomic E-state index is 14.3. The van der Waals surface area contributed by atoms with Gasteiger partial charge in [0.2, 0.25) is 0 Å². The Bertz CT molecular complexity index is 1260. The van der Waals surface area contributed by atoms with Gasteiger partial charge in [-0.2, -0.15) is 5.10 Å². The first-order valence-electron chi connectivity index (χ1n) is 13.6. The van der Waals surface area contributed by atoms with Gasteiger partial charge in [-0.05, 0) is 61.6 Å². The molecule has 196 valence electrons. The van der Waals surface area contributed by atoms with Crippen molar-refractivity contribution in [3.63, 3.8) is 0 Å². The van der Waals surface area contributed by atoms with E-state index in [-0.39, 0.29) is 23.5 Å². The molecule has 3 aromatic rings. The fraction of sp³-hybridized carbons (Fsp3) is 0.484. The smallest absolute Gasteiger partial charge is 0.259 e. The third-order valence-electron chi connectivity index (χ3n) is 7.96. The molecular formula is C31H40N4O2. The van der Waals surface area contributed by atoms with Crippen LogP contribution >= 0.6 is 0 Å². The van der Waals surface area contributed by atoms with E-state index in [1.165, 1.54) is 11.1 Å². The molecule has 0 spiro atoms. The molecule has 2 aliphatic heterocycles. The van der Waals surface area contributed by atoms with Crippen LogP contribution in [0.3, 0.4) is 0 Å². The van der Waals surface area contributed by atoms with Gasteiger partial charge >= 0.3 is 0 Å². The summed E-state index contributed by atoms with van der Waals surface area (Å²) in [6.07, 6.45) is 4.90. The van der Waals surface area contributed by atoms with Crippen LogP contribution in [0.2, 0.25) is 0 Å². The summed E-state index contributed by atoms with van der Waals surface area (Å²) in [7, 11) is 1.72. The average molecular weight is 501 g/mol. The predicted molar refractivity (Wildman–Crippen MR) is 147 cm³/mol. The van der Waals surface area contributed by atoms with Crippen molar-refractivity contribution in [1.82, 2.24) is 20.0 Å². The zero-order valence-electron chi connectivity index (χ0n) is 22.9. The second-order valence-electron chi connectivity index (χ2n) is 11.5. The van der Waals surface area contributed by atoms with Gasteiger partial charge in [-0.25, -0.2) is 0 Å². The lowest BCUT2D eigenvalue weighted by atomic mass is 9.86. The topological polar surface area (TPSA) is 59.4 Å². The first-order valence-corrected chi connectivity index (χ1v) is 13.6. The van der Waals surface area contributed by atoms with Crippen LogP contribution in [-0.4, -0.2) is 33.9 Å². The van der Waals surface area contributed by atoms with Crippen LogP contribution in [0.25, 0.3) is 0 Å². The third kappa shape index (κ3) is 5.04. The molecule has 2 aromatic carbocycles. The maximum atomic E-state index is 14.3. The second kappa shape index (κ2) is 10.3. The summed E-state index contributed by atoms with van der Waals surface area (Å²) >= 11 is 0. The Kier molecular flexibility index (Phi) is 7.13. The zero-order chi connectivity index (χ0) is 26.2. The molecule has 2 unspecified atom stereocenters. The second-order valence-corrected chi connectivity index (χ2v) is 11.5. The van der Waals surface area contributed by atoms with Crippen LogP contribution in [0.4, 0.5) is 0 Å².